The fourth-order valence-corrected chi connectivity index (χ4v) is 2.79. The van der Waals surface area contributed by atoms with Crippen LogP contribution in [-0.2, 0) is 6.42 Å². The Morgan fingerprint density at radius 3 is 2.89 bits per heavy atom. The van der Waals surface area contributed by atoms with Crippen LogP contribution < -0.4 is 0 Å². The van der Waals surface area contributed by atoms with Gasteiger partial charge in [0.1, 0.15) is 0 Å². The first-order valence-corrected chi connectivity index (χ1v) is 6.86. The molecule has 2 atom stereocenters. The zero-order valence-corrected chi connectivity index (χ0v) is 11.3. The molecule has 0 saturated carbocycles. The molecule has 1 aromatic rings. The van der Waals surface area contributed by atoms with Gasteiger partial charge in [-0.25, -0.2) is 0 Å². The number of hydrogen-bond acceptors (Lipinski definition) is 5. The lowest BCUT2D eigenvalue weighted by Gasteiger charge is -2.39. The minimum Gasteiger partial charge on any atom is -0.426 e. The van der Waals surface area contributed by atoms with Crippen molar-refractivity contribution >= 4 is 0 Å². The van der Waals surface area contributed by atoms with Crippen LogP contribution in [0.3, 0.4) is 0 Å². The van der Waals surface area contributed by atoms with Gasteiger partial charge in [0.2, 0.25) is 11.8 Å². The van der Waals surface area contributed by atoms with Crippen LogP contribution in [0.4, 0.5) is 0 Å². The Bertz CT molecular complexity index is 367. The van der Waals surface area contributed by atoms with Crippen LogP contribution in [0.2, 0.25) is 0 Å². The average molecular weight is 253 g/mol. The zero-order chi connectivity index (χ0) is 13.0. The van der Waals surface area contributed by atoms with Crippen LogP contribution in [0, 0.1) is 6.92 Å². The minimum atomic E-state index is 0.268. The summed E-state index contributed by atoms with van der Waals surface area (Å²) in [6.45, 7) is 5.32. The zero-order valence-electron chi connectivity index (χ0n) is 11.3. The molecular weight excluding hydrogens is 230 g/mol. The summed E-state index contributed by atoms with van der Waals surface area (Å²) >= 11 is 0. The summed E-state index contributed by atoms with van der Waals surface area (Å²) in [5.41, 5.74) is 0. The van der Waals surface area contributed by atoms with Crippen LogP contribution in [0.15, 0.2) is 4.42 Å². The highest BCUT2D eigenvalue weighted by molar-refractivity contribution is 4.84. The molecule has 0 spiro atoms. The summed E-state index contributed by atoms with van der Waals surface area (Å²) in [5, 5.41) is 17.2. The Labute approximate surface area is 108 Å². The van der Waals surface area contributed by atoms with Crippen molar-refractivity contribution in [3.05, 3.63) is 11.8 Å². The van der Waals surface area contributed by atoms with Crippen LogP contribution in [0.25, 0.3) is 0 Å². The number of rotatable bonds is 5. The number of nitrogens with zero attached hydrogens (tertiary/aromatic N) is 3. The van der Waals surface area contributed by atoms with Gasteiger partial charge >= 0.3 is 0 Å². The highest BCUT2D eigenvalue weighted by atomic mass is 16.4. The molecule has 5 nitrogen and oxygen atoms in total. The van der Waals surface area contributed by atoms with Gasteiger partial charge in [-0.15, -0.1) is 10.2 Å². The summed E-state index contributed by atoms with van der Waals surface area (Å²) in [6, 6.07) is 0.901. The lowest BCUT2D eigenvalue weighted by Crippen LogP contribution is -2.47. The van der Waals surface area contributed by atoms with Gasteiger partial charge in [-0.2, -0.15) is 0 Å². The fraction of sp³-hybridized carbons (Fsp3) is 0.846. The number of likely N-dealkylation sites (tertiary alicyclic amines) is 1. The van der Waals surface area contributed by atoms with Crippen molar-refractivity contribution in [1.82, 2.24) is 15.1 Å². The number of hydrogen-bond donors (Lipinski definition) is 1. The molecule has 1 fully saturated rings. The van der Waals surface area contributed by atoms with Crippen molar-refractivity contribution in [2.24, 2.45) is 0 Å². The second-order valence-electron chi connectivity index (χ2n) is 5.17. The van der Waals surface area contributed by atoms with Gasteiger partial charge in [0.25, 0.3) is 0 Å². The van der Waals surface area contributed by atoms with Crippen molar-refractivity contribution < 1.29 is 9.52 Å². The Morgan fingerprint density at radius 2 is 2.22 bits per heavy atom. The molecular formula is C13H23N3O2. The molecule has 1 aromatic heterocycles. The Hall–Kier alpha value is -0.940. The summed E-state index contributed by atoms with van der Waals surface area (Å²) in [6.07, 6.45) is 5.40. The van der Waals surface area contributed by atoms with E-state index in [0.717, 1.165) is 31.7 Å². The lowest BCUT2D eigenvalue weighted by molar-refractivity contribution is 0.0507. The van der Waals surface area contributed by atoms with E-state index in [9.17, 15) is 5.11 Å². The van der Waals surface area contributed by atoms with Gasteiger partial charge in [0, 0.05) is 25.4 Å². The minimum absolute atomic E-state index is 0.268. The molecule has 0 amide bonds. The Kier molecular flexibility index (Phi) is 4.72. The molecule has 2 unspecified atom stereocenters. The molecule has 2 rings (SSSR count). The highest BCUT2D eigenvalue weighted by Gasteiger charge is 2.26. The topological polar surface area (TPSA) is 62.4 Å². The van der Waals surface area contributed by atoms with Crippen LogP contribution in [-0.4, -0.2) is 45.4 Å². The highest BCUT2D eigenvalue weighted by Crippen LogP contribution is 2.22. The molecule has 0 aliphatic carbocycles. The van der Waals surface area contributed by atoms with Crippen molar-refractivity contribution in [2.45, 2.75) is 58.0 Å². The molecule has 0 radical (unpaired) electrons. The molecule has 0 aromatic carbocycles. The van der Waals surface area contributed by atoms with E-state index in [2.05, 4.69) is 22.0 Å². The van der Waals surface area contributed by atoms with Crippen LogP contribution in [0.1, 0.15) is 44.4 Å². The lowest BCUT2D eigenvalue weighted by atomic mass is 9.96. The second-order valence-corrected chi connectivity index (χ2v) is 5.17. The molecule has 1 aliphatic heterocycles. The first-order chi connectivity index (χ1) is 8.70. The van der Waals surface area contributed by atoms with Crippen LogP contribution in [0.5, 0.6) is 0 Å². The van der Waals surface area contributed by atoms with Crippen molar-refractivity contribution in [2.75, 3.05) is 13.2 Å². The maximum atomic E-state index is 9.42. The summed E-state index contributed by atoms with van der Waals surface area (Å²) in [5.74, 6) is 1.35. The molecule has 0 bridgehead atoms. The van der Waals surface area contributed by atoms with Gasteiger partial charge in [0.15, 0.2) is 0 Å². The Morgan fingerprint density at radius 1 is 1.39 bits per heavy atom. The number of aliphatic hydroxyl groups excluding tert-OH is 1. The first kappa shape index (κ1) is 13.5. The first-order valence-electron chi connectivity index (χ1n) is 6.86. The van der Waals surface area contributed by atoms with E-state index < -0.39 is 0 Å². The third kappa shape index (κ3) is 3.29. The predicted octanol–water partition coefficient (Wildman–Crippen LogP) is 1.55. The molecule has 1 aliphatic rings. The Balaban J connectivity index is 1.80. The number of aryl methyl sites for hydroxylation is 2. The molecule has 102 valence electrons. The van der Waals surface area contributed by atoms with Crippen molar-refractivity contribution in [3.63, 3.8) is 0 Å². The average Bonchev–Trinajstić information content (AvgIpc) is 2.77. The molecule has 1 saturated heterocycles. The molecule has 18 heavy (non-hydrogen) atoms. The number of piperidine rings is 1. The van der Waals surface area contributed by atoms with E-state index in [4.69, 9.17) is 4.42 Å². The summed E-state index contributed by atoms with van der Waals surface area (Å²) in [7, 11) is 0. The number of aliphatic hydroxyl groups is 1. The maximum absolute atomic E-state index is 9.42. The van der Waals surface area contributed by atoms with E-state index in [1.165, 1.54) is 12.8 Å². The summed E-state index contributed by atoms with van der Waals surface area (Å²) < 4.78 is 5.36. The number of aromatic nitrogens is 2. The summed E-state index contributed by atoms with van der Waals surface area (Å²) in [4.78, 5) is 2.42. The third-order valence-electron chi connectivity index (χ3n) is 3.78. The molecule has 5 heteroatoms. The van der Waals surface area contributed by atoms with E-state index in [1.54, 1.807) is 0 Å². The largest absolute Gasteiger partial charge is 0.426 e. The van der Waals surface area contributed by atoms with Crippen LogP contribution >= 0.6 is 0 Å². The van der Waals surface area contributed by atoms with Crippen molar-refractivity contribution in [3.8, 4) is 0 Å². The van der Waals surface area contributed by atoms with Gasteiger partial charge in [-0.3, -0.25) is 4.90 Å². The molecule has 1 N–H and O–H groups in total. The van der Waals surface area contributed by atoms with E-state index in [-0.39, 0.29) is 6.61 Å². The third-order valence-corrected chi connectivity index (χ3v) is 3.78. The monoisotopic (exact) mass is 253 g/mol. The molecule has 2 heterocycles. The van der Waals surface area contributed by atoms with Gasteiger partial charge < -0.3 is 9.52 Å². The SMILES string of the molecule is Cc1nnc(CCCN2C(C)CCCC2CO)o1. The van der Waals surface area contributed by atoms with E-state index in [1.807, 2.05) is 6.92 Å². The standard InChI is InChI=1S/C13H23N3O2/c1-10-5-3-6-12(9-17)16(10)8-4-7-13-15-14-11(2)18-13/h10,12,17H,3-9H2,1-2H3. The van der Waals surface area contributed by atoms with E-state index >= 15 is 0 Å². The smallest absolute Gasteiger partial charge is 0.216 e. The van der Waals surface area contributed by atoms with Gasteiger partial charge in [0.05, 0.1) is 6.61 Å². The predicted molar refractivity (Wildman–Crippen MR) is 68.2 cm³/mol. The fourth-order valence-electron chi connectivity index (χ4n) is 2.79. The maximum Gasteiger partial charge on any atom is 0.216 e. The normalized spacial score (nSPS) is 25.5. The quantitative estimate of drug-likeness (QED) is 0.862. The van der Waals surface area contributed by atoms with Crippen molar-refractivity contribution in [1.29, 1.82) is 0 Å². The van der Waals surface area contributed by atoms with Gasteiger partial charge in [-0.1, -0.05) is 6.42 Å². The second kappa shape index (κ2) is 6.29. The van der Waals surface area contributed by atoms with Gasteiger partial charge in [-0.05, 0) is 32.7 Å². The van der Waals surface area contributed by atoms with E-state index in [0.29, 0.717) is 18.0 Å².